The van der Waals surface area contributed by atoms with Crippen molar-refractivity contribution in [3.63, 3.8) is 0 Å². The third-order valence-electron chi connectivity index (χ3n) is 2.67. The topological polar surface area (TPSA) is 42.0 Å². The fraction of sp³-hybridized carbons (Fsp3) is 0.333. The summed E-state index contributed by atoms with van der Waals surface area (Å²) < 4.78 is 0.815. The van der Waals surface area contributed by atoms with Crippen LogP contribution in [0.15, 0.2) is 35.1 Å². The molecule has 1 aliphatic rings. The molecule has 4 heteroatoms. The molecule has 0 spiro atoms. The number of carbonyl (C=O) groups excluding carboxylic acids is 1. The van der Waals surface area contributed by atoms with E-state index in [4.69, 9.17) is 0 Å². The molecule has 1 unspecified atom stereocenters. The fourth-order valence-corrected chi connectivity index (χ4v) is 2.09. The van der Waals surface area contributed by atoms with Gasteiger partial charge in [-0.3, -0.25) is 9.78 Å². The maximum Gasteiger partial charge on any atom is 0.227 e. The summed E-state index contributed by atoms with van der Waals surface area (Å²) in [7, 11) is 0. The summed E-state index contributed by atoms with van der Waals surface area (Å²) in [5.41, 5.74) is 0.787. The van der Waals surface area contributed by atoms with Crippen molar-refractivity contribution in [2.45, 2.75) is 19.3 Å². The van der Waals surface area contributed by atoms with Crippen LogP contribution < -0.4 is 5.32 Å². The minimum atomic E-state index is 0.0938. The summed E-state index contributed by atoms with van der Waals surface area (Å²) in [6.45, 7) is 0. The molecule has 1 aliphatic carbocycles. The lowest BCUT2D eigenvalue weighted by Crippen LogP contribution is -2.23. The highest BCUT2D eigenvalue weighted by molar-refractivity contribution is 9.10. The molecular formula is C12H13BrN2O. The second-order valence-corrected chi connectivity index (χ2v) is 4.68. The number of nitrogens with one attached hydrogen (secondary N) is 1. The van der Waals surface area contributed by atoms with Crippen molar-refractivity contribution in [1.82, 2.24) is 4.98 Å². The third-order valence-corrected chi connectivity index (χ3v) is 3.30. The quantitative estimate of drug-likeness (QED) is 0.846. The Morgan fingerprint density at radius 3 is 3.06 bits per heavy atom. The molecule has 0 saturated heterocycles. The van der Waals surface area contributed by atoms with Gasteiger partial charge in [0.05, 0.1) is 10.2 Å². The lowest BCUT2D eigenvalue weighted by Gasteiger charge is -2.17. The van der Waals surface area contributed by atoms with Crippen LogP contribution in [-0.2, 0) is 4.79 Å². The predicted octanol–water partition coefficient (Wildman–Crippen LogP) is 3.14. The van der Waals surface area contributed by atoms with E-state index >= 15 is 0 Å². The summed E-state index contributed by atoms with van der Waals surface area (Å²) in [5, 5.41) is 2.92. The molecule has 16 heavy (non-hydrogen) atoms. The zero-order valence-corrected chi connectivity index (χ0v) is 10.4. The van der Waals surface area contributed by atoms with E-state index in [-0.39, 0.29) is 11.8 Å². The van der Waals surface area contributed by atoms with Gasteiger partial charge in [-0.05, 0) is 41.3 Å². The van der Waals surface area contributed by atoms with E-state index in [1.54, 1.807) is 18.5 Å². The molecule has 0 bridgehead atoms. The van der Waals surface area contributed by atoms with Crippen LogP contribution in [0, 0.1) is 5.92 Å². The average molecular weight is 281 g/mol. The maximum atomic E-state index is 11.9. The molecule has 1 aromatic rings. The van der Waals surface area contributed by atoms with Crippen LogP contribution in [0.4, 0.5) is 5.69 Å². The van der Waals surface area contributed by atoms with E-state index in [0.29, 0.717) is 0 Å². The third kappa shape index (κ3) is 2.70. The summed E-state index contributed by atoms with van der Waals surface area (Å²) >= 11 is 3.36. The summed E-state index contributed by atoms with van der Waals surface area (Å²) in [4.78, 5) is 15.9. The molecule has 1 aromatic heterocycles. The van der Waals surface area contributed by atoms with Gasteiger partial charge < -0.3 is 5.32 Å². The zero-order valence-electron chi connectivity index (χ0n) is 8.82. The lowest BCUT2D eigenvalue weighted by molar-refractivity contribution is -0.120. The molecule has 0 radical (unpaired) electrons. The van der Waals surface area contributed by atoms with Gasteiger partial charge in [-0.25, -0.2) is 0 Å². The number of hydrogen-bond donors (Lipinski definition) is 1. The van der Waals surface area contributed by atoms with Gasteiger partial charge >= 0.3 is 0 Å². The van der Waals surface area contributed by atoms with E-state index in [0.717, 1.165) is 29.4 Å². The molecule has 1 atom stereocenters. The van der Waals surface area contributed by atoms with E-state index in [2.05, 4.69) is 38.4 Å². The number of rotatable bonds is 2. The van der Waals surface area contributed by atoms with Crippen molar-refractivity contribution in [3.8, 4) is 0 Å². The second kappa shape index (κ2) is 5.25. The van der Waals surface area contributed by atoms with Crippen LogP contribution in [0.1, 0.15) is 19.3 Å². The Hall–Kier alpha value is -1.16. The first-order valence-electron chi connectivity index (χ1n) is 5.33. The monoisotopic (exact) mass is 280 g/mol. The van der Waals surface area contributed by atoms with Crippen molar-refractivity contribution < 1.29 is 4.79 Å². The highest BCUT2D eigenvalue weighted by atomic mass is 79.9. The van der Waals surface area contributed by atoms with Gasteiger partial charge in [0.15, 0.2) is 0 Å². The number of anilines is 1. The van der Waals surface area contributed by atoms with Crippen LogP contribution in [-0.4, -0.2) is 10.9 Å². The number of hydrogen-bond acceptors (Lipinski definition) is 2. The minimum Gasteiger partial charge on any atom is -0.325 e. The largest absolute Gasteiger partial charge is 0.325 e. The predicted molar refractivity (Wildman–Crippen MR) is 67.0 cm³/mol. The van der Waals surface area contributed by atoms with Crippen LogP contribution in [0.3, 0.4) is 0 Å². The van der Waals surface area contributed by atoms with E-state index < -0.39 is 0 Å². The molecule has 3 nitrogen and oxygen atoms in total. The standard InChI is InChI=1S/C12H13BrN2O/c13-10-8-14-7-6-11(10)15-12(16)9-4-2-1-3-5-9/h1-2,6-9H,3-5H2,(H,14,15,16). The van der Waals surface area contributed by atoms with Crippen molar-refractivity contribution in [1.29, 1.82) is 0 Å². The number of aromatic nitrogens is 1. The van der Waals surface area contributed by atoms with E-state index in [1.165, 1.54) is 0 Å². The van der Waals surface area contributed by atoms with Gasteiger partial charge in [-0.15, -0.1) is 0 Å². The number of allylic oxidation sites excluding steroid dienone is 2. The SMILES string of the molecule is O=C(Nc1ccncc1Br)C1CC=CCC1. The summed E-state index contributed by atoms with van der Waals surface area (Å²) in [5.74, 6) is 0.196. The molecule has 1 amide bonds. The van der Waals surface area contributed by atoms with Gasteiger partial charge in [0.2, 0.25) is 5.91 Å². The molecule has 0 saturated carbocycles. The van der Waals surface area contributed by atoms with E-state index in [9.17, 15) is 4.79 Å². The Kier molecular flexibility index (Phi) is 3.72. The molecule has 0 aliphatic heterocycles. The number of amides is 1. The molecular weight excluding hydrogens is 268 g/mol. The van der Waals surface area contributed by atoms with Crippen LogP contribution in [0.2, 0.25) is 0 Å². The Labute approximate surface area is 103 Å². The number of nitrogens with zero attached hydrogens (tertiary/aromatic N) is 1. The minimum absolute atomic E-state index is 0.0938. The zero-order chi connectivity index (χ0) is 11.4. The first-order valence-corrected chi connectivity index (χ1v) is 6.12. The van der Waals surface area contributed by atoms with Crippen molar-refractivity contribution >= 4 is 27.5 Å². The normalized spacial score (nSPS) is 19.4. The molecule has 2 rings (SSSR count). The Morgan fingerprint density at radius 2 is 2.38 bits per heavy atom. The Morgan fingerprint density at radius 1 is 1.50 bits per heavy atom. The number of pyridine rings is 1. The lowest BCUT2D eigenvalue weighted by atomic mass is 9.93. The number of halogens is 1. The van der Waals surface area contributed by atoms with Crippen molar-refractivity contribution in [2.75, 3.05) is 5.32 Å². The molecule has 1 heterocycles. The number of carbonyl (C=O) groups is 1. The summed E-state index contributed by atoms with van der Waals surface area (Å²) in [6.07, 6.45) is 10.3. The average Bonchev–Trinajstić information content (AvgIpc) is 2.33. The first-order chi connectivity index (χ1) is 7.77. The molecule has 1 N–H and O–H groups in total. The molecule has 0 fully saturated rings. The van der Waals surface area contributed by atoms with Gasteiger partial charge in [0.25, 0.3) is 0 Å². The summed E-state index contributed by atoms with van der Waals surface area (Å²) in [6, 6.07) is 1.79. The van der Waals surface area contributed by atoms with Gasteiger partial charge in [-0.2, -0.15) is 0 Å². The molecule has 0 aromatic carbocycles. The Balaban J connectivity index is 2.02. The first kappa shape index (κ1) is 11.3. The molecule has 84 valence electrons. The maximum absolute atomic E-state index is 11.9. The highest BCUT2D eigenvalue weighted by Gasteiger charge is 2.19. The van der Waals surface area contributed by atoms with Gasteiger partial charge in [0, 0.05) is 18.3 Å². The van der Waals surface area contributed by atoms with Crippen LogP contribution in [0.25, 0.3) is 0 Å². The van der Waals surface area contributed by atoms with Gasteiger partial charge in [-0.1, -0.05) is 12.2 Å². The second-order valence-electron chi connectivity index (χ2n) is 3.83. The Bertz CT molecular complexity index is 417. The van der Waals surface area contributed by atoms with E-state index in [1.807, 2.05) is 0 Å². The van der Waals surface area contributed by atoms with Gasteiger partial charge in [0.1, 0.15) is 0 Å². The van der Waals surface area contributed by atoms with Crippen LogP contribution in [0.5, 0.6) is 0 Å². The van der Waals surface area contributed by atoms with Crippen molar-refractivity contribution in [3.05, 3.63) is 35.1 Å². The van der Waals surface area contributed by atoms with Crippen LogP contribution >= 0.6 is 15.9 Å². The smallest absolute Gasteiger partial charge is 0.227 e. The highest BCUT2D eigenvalue weighted by Crippen LogP contribution is 2.23. The fourth-order valence-electron chi connectivity index (χ4n) is 1.74. The van der Waals surface area contributed by atoms with Crippen molar-refractivity contribution in [2.24, 2.45) is 5.92 Å².